The Morgan fingerprint density at radius 3 is 2.31 bits per heavy atom. The maximum absolute atomic E-state index is 2.12. The van der Waals surface area contributed by atoms with Crippen LogP contribution in [0.5, 0.6) is 0 Å². The lowest BCUT2D eigenvalue weighted by Gasteiger charge is -1.96. The SMILES string of the molecule is Cc1ccccc1/C=C/[n+]1ccccc1.[I-]. The van der Waals surface area contributed by atoms with Gasteiger partial charge in [-0.25, -0.2) is 0 Å². The fourth-order valence-electron chi connectivity index (χ4n) is 1.45. The van der Waals surface area contributed by atoms with Gasteiger partial charge in [-0.3, -0.25) is 0 Å². The van der Waals surface area contributed by atoms with Crippen LogP contribution < -0.4 is 28.5 Å². The molecular weight excluding hydrogens is 309 g/mol. The van der Waals surface area contributed by atoms with Crippen molar-refractivity contribution in [1.29, 1.82) is 0 Å². The molecule has 0 spiro atoms. The molecule has 0 aliphatic carbocycles. The number of pyridine rings is 1. The van der Waals surface area contributed by atoms with Crippen LogP contribution in [0.25, 0.3) is 12.3 Å². The second-order valence-electron chi connectivity index (χ2n) is 3.50. The van der Waals surface area contributed by atoms with Crippen LogP contribution in [0, 0.1) is 6.92 Å². The van der Waals surface area contributed by atoms with Crippen molar-refractivity contribution in [3.63, 3.8) is 0 Å². The van der Waals surface area contributed by atoms with Crippen molar-refractivity contribution in [3.05, 3.63) is 66.0 Å². The first kappa shape index (κ1) is 12.9. The zero-order valence-corrected chi connectivity index (χ0v) is 11.3. The number of aromatic nitrogens is 1. The molecule has 1 heterocycles. The first-order valence-electron chi connectivity index (χ1n) is 5.06. The molecule has 1 nitrogen and oxygen atoms in total. The Bertz CT molecular complexity index is 463. The summed E-state index contributed by atoms with van der Waals surface area (Å²) in [6.07, 6.45) is 8.22. The van der Waals surface area contributed by atoms with E-state index in [0.717, 1.165) is 0 Å². The summed E-state index contributed by atoms with van der Waals surface area (Å²) in [5.74, 6) is 0. The van der Waals surface area contributed by atoms with Gasteiger partial charge in [0.15, 0.2) is 18.6 Å². The predicted octanol–water partition coefficient (Wildman–Crippen LogP) is -0.0856. The summed E-state index contributed by atoms with van der Waals surface area (Å²) in [5, 5.41) is 0. The van der Waals surface area contributed by atoms with E-state index in [1.54, 1.807) is 0 Å². The van der Waals surface area contributed by atoms with E-state index < -0.39 is 0 Å². The van der Waals surface area contributed by atoms with Gasteiger partial charge in [0.1, 0.15) is 0 Å². The highest BCUT2D eigenvalue weighted by molar-refractivity contribution is 5.59. The molecule has 1 aromatic carbocycles. The third-order valence-electron chi connectivity index (χ3n) is 2.35. The molecule has 0 saturated heterocycles. The van der Waals surface area contributed by atoms with E-state index in [4.69, 9.17) is 0 Å². The predicted molar refractivity (Wildman–Crippen MR) is 63.0 cm³/mol. The van der Waals surface area contributed by atoms with Crippen molar-refractivity contribution in [2.45, 2.75) is 6.92 Å². The summed E-state index contributed by atoms with van der Waals surface area (Å²) in [7, 11) is 0. The summed E-state index contributed by atoms with van der Waals surface area (Å²) >= 11 is 0. The van der Waals surface area contributed by atoms with E-state index in [0.29, 0.717) is 0 Å². The minimum Gasteiger partial charge on any atom is -1.00 e. The molecule has 0 radical (unpaired) electrons. The Morgan fingerprint density at radius 2 is 1.62 bits per heavy atom. The maximum atomic E-state index is 2.12. The van der Waals surface area contributed by atoms with Crippen LogP contribution in [0.15, 0.2) is 54.9 Å². The van der Waals surface area contributed by atoms with Crippen LogP contribution in [0.2, 0.25) is 0 Å². The first-order chi connectivity index (χ1) is 7.36. The lowest BCUT2D eigenvalue weighted by atomic mass is 10.1. The Balaban J connectivity index is 0.00000128. The normalized spacial score (nSPS) is 10.1. The van der Waals surface area contributed by atoms with Crippen molar-refractivity contribution in [1.82, 2.24) is 0 Å². The largest absolute Gasteiger partial charge is 1.00 e. The van der Waals surface area contributed by atoms with Crippen LogP contribution in [0.4, 0.5) is 0 Å². The monoisotopic (exact) mass is 323 g/mol. The van der Waals surface area contributed by atoms with Gasteiger partial charge in [-0.1, -0.05) is 30.3 Å². The fraction of sp³-hybridized carbons (Fsp3) is 0.0714. The van der Waals surface area contributed by atoms with Gasteiger partial charge in [0, 0.05) is 18.2 Å². The van der Waals surface area contributed by atoms with Crippen molar-refractivity contribution in [2.24, 2.45) is 0 Å². The van der Waals surface area contributed by atoms with Crippen LogP contribution in [-0.2, 0) is 0 Å². The molecule has 0 aliphatic heterocycles. The number of benzene rings is 1. The number of hydrogen-bond acceptors (Lipinski definition) is 0. The molecule has 0 N–H and O–H groups in total. The van der Waals surface area contributed by atoms with Crippen molar-refractivity contribution >= 4 is 12.3 Å². The van der Waals surface area contributed by atoms with Crippen LogP contribution in [0.1, 0.15) is 11.1 Å². The molecular formula is C14H14IN. The zero-order valence-electron chi connectivity index (χ0n) is 9.18. The number of rotatable bonds is 2. The van der Waals surface area contributed by atoms with Crippen molar-refractivity contribution in [2.75, 3.05) is 0 Å². The summed E-state index contributed by atoms with van der Waals surface area (Å²) in [6, 6.07) is 14.4. The van der Waals surface area contributed by atoms with Gasteiger partial charge in [0.25, 0.3) is 0 Å². The van der Waals surface area contributed by atoms with E-state index >= 15 is 0 Å². The average molecular weight is 323 g/mol. The molecule has 2 heteroatoms. The molecule has 82 valence electrons. The van der Waals surface area contributed by atoms with Gasteiger partial charge in [-0.15, -0.1) is 0 Å². The molecule has 1 aromatic heterocycles. The second-order valence-corrected chi connectivity index (χ2v) is 3.50. The topological polar surface area (TPSA) is 3.88 Å². The van der Waals surface area contributed by atoms with E-state index in [2.05, 4.69) is 43.5 Å². The molecule has 0 aliphatic rings. The lowest BCUT2D eigenvalue weighted by Crippen LogP contribution is -3.00. The van der Waals surface area contributed by atoms with Crippen LogP contribution in [-0.4, -0.2) is 0 Å². The Hall–Kier alpha value is -1.16. The average Bonchev–Trinajstić information content (AvgIpc) is 2.29. The molecule has 2 aromatic rings. The fourth-order valence-corrected chi connectivity index (χ4v) is 1.45. The number of halogens is 1. The minimum atomic E-state index is 0. The van der Waals surface area contributed by atoms with Crippen LogP contribution in [0.3, 0.4) is 0 Å². The molecule has 16 heavy (non-hydrogen) atoms. The number of nitrogens with zero attached hydrogens (tertiary/aromatic N) is 1. The highest BCUT2D eigenvalue weighted by Crippen LogP contribution is 2.08. The van der Waals surface area contributed by atoms with E-state index in [1.165, 1.54) is 11.1 Å². The molecule has 2 rings (SSSR count). The molecule has 0 atom stereocenters. The van der Waals surface area contributed by atoms with Gasteiger partial charge in [0.05, 0.1) is 0 Å². The highest BCUT2D eigenvalue weighted by atomic mass is 127. The van der Waals surface area contributed by atoms with Gasteiger partial charge >= 0.3 is 0 Å². The number of hydrogen-bond donors (Lipinski definition) is 0. The third kappa shape index (κ3) is 3.45. The van der Waals surface area contributed by atoms with Gasteiger partial charge in [0.2, 0.25) is 0 Å². The first-order valence-corrected chi connectivity index (χ1v) is 5.06. The van der Waals surface area contributed by atoms with E-state index in [9.17, 15) is 0 Å². The smallest absolute Gasteiger partial charge is 0.175 e. The second kappa shape index (κ2) is 6.43. The van der Waals surface area contributed by atoms with Crippen molar-refractivity contribution < 1.29 is 28.5 Å². The highest BCUT2D eigenvalue weighted by Gasteiger charge is 1.94. The van der Waals surface area contributed by atoms with Gasteiger partial charge in [-0.2, -0.15) is 4.57 Å². The standard InChI is InChI=1S/C14H14N.HI/c1-13-7-3-4-8-14(13)9-12-15-10-5-2-6-11-15;/h2-12H,1H3;1H/q+1;/p-1/b12-9+;. The Labute approximate surface area is 113 Å². The van der Waals surface area contributed by atoms with E-state index in [-0.39, 0.29) is 24.0 Å². The Morgan fingerprint density at radius 1 is 0.938 bits per heavy atom. The summed E-state index contributed by atoms with van der Waals surface area (Å²) < 4.78 is 2.03. The number of aryl methyl sites for hydroxylation is 1. The van der Waals surface area contributed by atoms with Gasteiger partial charge in [-0.05, 0) is 18.1 Å². The molecule has 0 amide bonds. The van der Waals surface area contributed by atoms with Gasteiger partial charge < -0.3 is 24.0 Å². The van der Waals surface area contributed by atoms with Crippen LogP contribution >= 0.6 is 0 Å². The molecule has 0 saturated carbocycles. The lowest BCUT2D eigenvalue weighted by molar-refractivity contribution is -0.567. The van der Waals surface area contributed by atoms with E-state index in [1.807, 2.05) is 35.2 Å². The minimum absolute atomic E-state index is 0. The molecule has 0 fully saturated rings. The third-order valence-corrected chi connectivity index (χ3v) is 2.35. The maximum Gasteiger partial charge on any atom is 0.175 e. The Kier molecular flexibility index (Phi) is 5.19. The summed E-state index contributed by atoms with van der Waals surface area (Å²) in [6.45, 7) is 2.12. The molecule has 0 bridgehead atoms. The summed E-state index contributed by atoms with van der Waals surface area (Å²) in [5.41, 5.74) is 2.55. The zero-order chi connectivity index (χ0) is 10.5. The van der Waals surface area contributed by atoms with Crippen molar-refractivity contribution in [3.8, 4) is 0 Å². The molecule has 0 unspecified atom stereocenters. The quantitative estimate of drug-likeness (QED) is 0.538. The summed E-state index contributed by atoms with van der Waals surface area (Å²) in [4.78, 5) is 0.